The fraction of sp³-hybridized carbons (Fsp3) is 0.278. The van der Waals surface area contributed by atoms with Gasteiger partial charge in [0.25, 0.3) is 0 Å². The number of carbonyl (C=O) groups is 1. The van der Waals surface area contributed by atoms with Gasteiger partial charge in [0.1, 0.15) is 11.6 Å². The van der Waals surface area contributed by atoms with E-state index in [-0.39, 0.29) is 5.75 Å². The Balaban J connectivity index is 1.73. The normalized spacial score (nSPS) is 14.3. The third kappa shape index (κ3) is 3.82. The van der Waals surface area contributed by atoms with E-state index >= 15 is 0 Å². The number of halogens is 1. The highest BCUT2D eigenvalue weighted by Gasteiger charge is 2.26. The highest BCUT2D eigenvalue weighted by molar-refractivity contribution is 7.91. The van der Waals surface area contributed by atoms with Gasteiger partial charge >= 0.3 is 0 Å². The Morgan fingerprint density at radius 3 is 2.54 bits per heavy atom. The van der Waals surface area contributed by atoms with Crippen LogP contribution in [0.25, 0.3) is 0 Å². The van der Waals surface area contributed by atoms with Crippen molar-refractivity contribution >= 4 is 21.4 Å². The average molecular weight is 347 g/mol. The second-order valence-electron chi connectivity index (χ2n) is 5.94. The van der Waals surface area contributed by atoms with E-state index in [0.29, 0.717) is 12.1 Å². The van der Waals surface area contributed by atoms with E-state index in [9.17, 15) is 17.6 Å². The van der Waals surface area contributed by atoms with Gasteiger partial charge in [-0.1, -0.05) is 30.3 Å². The summed E-state index contributed by atoms with van der Waals surface area (Å²) in [6.45, 7) is 0.530. The number of fused-ring (bicyclic) bond motifs is 1. The van der Waals surface area contributed by atoms with Crippen molar-refractivity contribution in [3.8, 4) is 0 Å². The molecule has 0 spiro atoms. The maximum atomic E-state index is 12.9. The van der Waals surface area contributed by atoms with Gasteiger partial charge < -0.3 is 4.90 Å². The van der Waals surface area contributed by atoms with Crippen LogP contribution in [0, 0.1) is 5.82 Å². The number of nitrogens with zero attached hydrogens (tertiary/aromatic N) is 1. The molecular formula is C18H18FNO3S. The smallest absolute Gasteiger partial charge is 0.242 e. The number of sulfone groups is 1. The lowest BCUT2D eigenvalue weighted by Crippen LogP contribution is -2.39. The fourth-order valence-corrected chi connectivity index (χ4v) is 4.28. The van der Waals surface area contributed by atoms with Crippen LogP contribution in [0.15, 0.2) is 48.5 Å². The van der Waals surface area contributed by atoms with E-state index in [0.717, 1.165) is 24.1 Å². The molecule has 0 fully saturated rings. The summed E-state index contributed by atoms with van der Waals surface area (Å²) in [6, 6.07) is 12.8. The molecule has 0 radical (unpaired) electrons. The zero-order chi connectivity index (χ0) is 17.2. The molecule has 3 rings (SSSR count). The number of amides is 1. The molecule has 126 valence electrons. The molecule has 0 bridgehead atoms. The molecule has 0 unspecified atom stereocenters. The quantitative estimate of drug-likeness (QED) is 0.854. The maximum Gasteiger partial charge on any atom is 0.242 e. The van der Waals surface area contributed by atoms with Gasteiger partial charge in [-0.15, -0.1) is 0 Å². The molecule has 0 atom stereocenters. The molecule has 1 aliphatic heterocycles. The highest BCUT2D eigenvalue weighted by Crippen LogP contribution is 2.27. The van der Waals surface area contributed by atoms with E-state index in [4.69, 9.17) is 0 Å². The summed E-state index contributed by atoms with van der Waals surface area (Å²) < 4.78 is 37.5. The number of anilines is 1. The van der Waals surface area contributed by atoms with Crippen molar-refractivity contribution in [1.82, 2.24) is 0 Å². The number of hydrogen-bond acceptors (Lipinski definition) is 3. The second-order valence-corrected chi connectivity index (χ2v) is 8.00. The Labute approximate surface area is 140 Å². The van der Waals surface area contributed by atoms with Gasteiger partial charge in [0.05, 0.1) is 5.75 Å². The van der Waals surface area contributed by atoms with Crippen molar-refractivity contribution in [2.45, 2.75) is 18.6 Å². The number of aryl methyl sites for hydroxylation is 1. The van der Waals surface area contributed by atoms with Crippen molar-refractivity contribution in [3.05, 3.63) is 65.5 Å². The molecule has 0 aromatic heterocycles. The first kappa shape index (κ1) is 16.6. The van der Waals surface area contributed by atoms with Gasteiger partial charge in [0.2, 0.25) is 5.91 Å². The van der Waals surface area contributed by atoms with Crippen LogP contribution >= 0.6 is 0 Å². The predicted molar refractivity (Wildman–Crippen MR) is 91.0 cm³/mol. The lowest BCUT2D eigenvalue weighted by molar-refractivity contribution is -0.116. The SMILES string of the molecule is O=C(CS(=O)(=O)Cc1ccc(F)cc1)N1CCCc2ccccc21. The van der Waals surface area contributed by atoms with Crippen LogP contribution in [0.3, 0.4) is 0 Å². The Bertz CT molecular complexity index is 847. The van der Waals surface area contributed by atoms with Crippen LogP contribution in [0.1, 0.15) is 17.5 Å². The summed E-state index contributed by atoms with van der Waals surface area (Å²) in [5.74, 6) is -1.64. The van der Waals surface area contributed by atoms with Crippen molar-refractivity contribution in [2.24, 2.45) is 0 Å². The number of carbonyl (C=O) groups excluding carboxylic acids is 1. The minimum atomic E-state index is -3.61. The lowest BCUT2D eigenvalue weighted by Gasteiger charge is -2.29. The predicted octanol–water partition coefficient (Wildman–Crippen LogP) is 2.72. The van der Waals surface area contributed by atoms with Crippen LogP contribution in [0.4, 0.5) is 10.1 Å². The molecule has 4 nitrogen and oxygen atoms in total. The van der Waals surface area contributed by atoms with Gasteiger partial charge in [-0.25, -0.2) is 12.8 Å². The van der Waals surface area contributed by atoms with E-state index in [2.05, 4.69) is 0 Å². The third-order valence-electron chi connectivity index (χ3n) is 4.05. The first-order chi connectivity index (χ1) is 11.4. The van der Waals surface area contributed by atoms with Gasteiger partial charge in [-0.2, -0.15) is 0 Å². The first-order valence-corrected chi connectivity index (χ1v) is 9.60. The van der Waals surface area contributed by atoms with E-state index in [1.54, 1.807) is 4.90 Å². The molecular weight excluding hydrogens is 329 g/mol. The van der Waals surface area contributed by atoms with Crippen LogP contribution in [0.2, 0.25) is 0 Å². The molecule has 0 aliphatic carbocycles. The molecule has 24 heavy (non-hydrogen) atoms. The summed E-state index contributed by atoms with van der Waals surface area (Å²) in [6.07, 6.45) is 1.71. The van der Waals surface area contributed by atoms with Gasteiger partial charge in [0.15, 0.2) is 9.84 Å². The van der Waals surface area contributed by atoms with E-state index in [1.165, 1.54) is 24.3 Å². The summed E-state index contributed by atoms with van der Waals surface area (Å²) >= 11 is 0. The van der Waals surface area contributed by atoms with E-state index in [1.807, 2.05) is 24.3 Å². The summed E-state index contributed by atoms with van der Waals surface area (Å²) in [7, 11) is -3.61. The topological polar surface area (TPSA) is 54.5 Å². The monoisotopic (exact) mass is 347 g/mol. The zero-order valence-electron chi connectivity index (χ0n) is 13.1. The summed E-state index contributed by atoms with van der Waals surface area (Å²) in [4.78, 5) is 14.1. The zero-order valence-corrected chi connectivity index (χ0v) is 13.9. The first-order valence-electron chi connectivity index (χ1n) is 7.78. The third-order valence-corrected chi connectivity index (χ3v) is 5.51. The summed E-state index contributed by atoms with van der Waals surface area (Å²) in [5.41, 5.74) is 2.34. The standard InChI is InChI=1S/C18H18FNO3S/c19-16-9-7-14(8-10-16)12-24(22,23)13-18(21)20-11-3-5-15-4-1-2-6-17(15)20/h1-2,4,6-10H,3,5,11-13H2. The van der Waals surface area contributed by atoms with Crippen LogP contribution in [-0.4, -0.2) is 26.6 Å². The molecule has 1 aliphatic rings. The summed E-state index contributed by atoms with van der Waals surface area (Å²) in [5, 5.41) is 0. The number of rotatable bonds is 4. The number of para-hydroxylation sites is 1. The molecule has 6 heteroatoms. The van der Waals surface area contributed by atoms with Crippen LogP contribution in [-0.2, 0) is 26.8 Å². The molecule has 0 saturated heterocycles. The van der Waals surface area contributed by atoms with Crippen molar-refractivity contribution in [2.75, 3.05) is 17.2 Å². The van der Waals surface area contributed by atoms with Crippen LogP contribution < -0.4 is 4.90 Å². The minimum Gasteiger partial charge on any atom is -0.311 e. The van der Waals surface area contributed by atoms with Crippen molar-refractivity contribution in [1.29, 1.82) is 0 Å². The van der Waals surface area contributed by atoms with E-state index < -0.39 is 27.3 Å². The lowest BCUT2D eigenvalue weighted by atomic mass is 10.0. The largest absolute Gasteiger partial charge is 0.311 e. The van der Waals surface area contributed by atoms with Crippen molar-refractivity contribution < 1.29 is 17.6 Å². The van der Waals surface area contributed by atoms with Gasteiger partial charge in [-0.05, 0) is 42.2 Å². The molecule has 2 aromatic carbocycles. The maximum absolute atomic E-state index is 12.9. The van der Waals surface area contributed by atoms with Crippen molar-refractivity contribution in [3.63, 3.8) is 0 Å². The van der Waals surface area contributed by atoms with Crippen LogP contribution in [0.5, 0.6) is 0 Å². The molecule has 1 heterocycles. The van der Waals surface area contributed by atoms with Gasteiger partial charge in [-0.3, -0.25) is 4.79 Å². The Hall–Kier alpha value is -2.21. The second kappa shape index (κ2) is 6.73. The Kier molecular flexibility index (Phi) is 4.66. The minimum absolute atomic E-state index is 0.269. The molecule has 0 N–H and O–H groups in total. The molecule has 2 aromatic rings. The Morgan fingerprint density at radius 1 is 1.08 bits per heavy atom. The highest BCUT2D eigenvalue weighted by atomic mass is 32.2. The average Bonchev–Trinajstić information content (AvgIpc) is 2.55. The number of benzene rings is 2. The fourth-order valence-electron chi connectivity index (χ4n) is 2.94. The molecule has 0 saturated carbocycles. The van der Waals surface area contributed by atoms with Gasteiger partial charge in [0, 0.05) is 12.2 Å². The number of hydrogen-bond donors (Lipinski definition) is 0. The Morgan fingerprint density at radius 2 is 1.79 bits per heavy atom. The molecule has 1 amide bonds.